The zero-order valence-corrected chi connectivity index (χ0v) is 16.4. The second kappa shape index (κ2) is 7.40. The molecule has 4 aromatic rings. The lowest BCUT2D eigenvalue weighted by atomic mass is 10.1. The van der Waals surface area contributed by atoms with Crippen LogP contribution in [0.3, 0.4) is 0 Å². The predicted molar refractivity (Wildman–Crippen MR) is 114 cm³/mol. The molecule has 0 aliphatic rings. The molecule has 2 aromatic heterocycles. The van der Waals surface area contributed by atoms with E-state index in [1.165, 1.54) is 27.8 Å². The van der Waals surface area contributed by atoms with Crippen molar-refractivity contribution in [1.82, 2.24) is 9.55 Å². The number of anilines is 1. The Kier molecular flexibility index (Phi) is 4.79. The van der Waals surface area contributed by atoms with Crippen LogP contribution < -0.4 is 10.9 Å². The number of rotatable bonds is 4. The van der Waals surface area contributed by atoms with Gasteiger partial charge in [0.25, 0.3) is 5.56 Å². The van der Waals surface area contributed by atoms with E-state index in [0.29, 0.717) is 10.2 Å². The van der Waals surface area contributed by atoms with Crippen molar-refractivity contribution in [3.05, 3.63) is 81.7 Å². The van der Waals surface area contributed by atoms with E-state index in [1.807, 2.05) is 67.8 Å². The molecule has 140 valence electrons. The van der Waals surface area contributed by atoms with Gasteiger partial charge in [-0.2, -0.15) is 0 Å². The maximum absolute atomic E-state index is 12.8. The van der Waals surface area contributed by atoms with E-state index in [9.17, 15) is 9.59 Å². The summed E-state index contributed by atoms with van der Waals surface area (Å²) in [4.78, 5) is 29.7. The molecule has 0 fully saturated rings. The van der Waals surface area contributed by atoms with Gasteiger partial charge >= 0.3 is 0 Å². The highest BCUT2D eigenvalue weighted by Gasteiger charge is 2.14. The van der Waals surface area contributed by atoms with Crippen molar-refractivity contribution in [2.45, 2.75) is 20.4 Å². The molecule has 0 unspecified atom stereocenters. The summed E-state index contributed by atoms with van der Waals surface area (Å²) in [6, 6.07) is 15.7. The maximum atomic E-state index is 12.8. The molecule has 0 radical (unpaired) electrons. The van der Waals surface area contributed by atoms with E-state index in [-0.39, 0.29) is 18.0 Å². The van der Waals surface area contributed by atoms with Gasteiger partial charge in [0.05, 0.1) is 11.8 Å². The van der Waals surface area contributed by atoms with Crippen molar-refractivity contribution in [3.8, 4) is 11.1 Å². The third kappa shape index (κ3) is 3.46. The smallest absolute Gasteiger partial charge is 0.271 e. The SMILES string of the molecule is Cc1ccc(-c2csc3c(=O)n(CC(=O)Nc4ccccc4C)cnc23)cc1. The fourth-order valence-electron chi connectivity index (χ4n) is 3.05. The third-order valence-electron chi connectivity index (χ3n) is 4.64. The summed E-state index contributed by atoms with van der Waals surface area (Å²) in [5.74, 6) is -0.257. The van der Waals surface area contributed by atoms with E-state index < -0.39 is 0 Å². The fourth-order valence-corrected chi connectivity index (χ4v) is 4.03. The zero-order valence-electron chi connectivity index (χ0n) is 15.6. The molecule has 0 aliphatic heterocycles. The molecule has 0 spiro atoms. The van der Waals surface area contributed by atoms with Crippen molar-refractivity contribution in [2.75, 3.05) is 5.32 Å². The number of amides is 1. The van der Waals surface area contributed by atoms with Crippen LogP contribution >= 0.6 is 11.3 Å². The molecule has 0 bridgehead atoms. The van der Waals surface area contributed by atoms with Crippen LogP contribution in [0.1, 0.15) is 11.1 Å². The first-order chi connectivity index (χ1) is 13.5. The Balaban J connectivity index is 1.62. The van der Waals surface area contributed by atoms with Crippen LogP contribution in [0.25, 0.3) is 21.3 Å². The van der Waals surface area contributed by atoms with Gasteiger partial charge in [0.2, 0.25) is 5.91 Å². The first kappa shape index (κ1) is 18.1. The lowest BCUT2D eigenvalue weighted by Gasteiger charge is -2.09. The van der Waals surface area contributed by atoms with Gasteiger partial charge in [-0.1, -0.05) is 48.0 Å². The third-order valence-corrected chi connectivity index (χ3v) is 5.60. The van der Waals surface area contributed by atoms with Crippen molar-refractivity contribution >= 4 is 33.1 Å². The first-order valence-electron chi connectivity index (χ1n) is 8.92. The van der Waals surface area contributed by atoms with E-state index in [4.69, 9.17) is 0 Å². The molecule has 28 heavy (non-hydrogen) atoms. The van der Waals surface area contributed by atoms with Gasteiger partial charge in [0.15, 0.2) is 0 Å². The minimum atomic E-state index is -0.257. The summed E-state index contributed by atoms with van der Waals surface area (Å²) < 4.78 is 1.91. The number of hydrogen-bond donors (Lipinski definition) is 1. The van der Waals surface area contributed by atoms with E-state index in [2.05, 4.69) is 10.3 Å². The Morgan fingerprint density at radius 3 is 2.61 bits per heavy atom. The highest BCUT2D eigenvalue weighted by molar-refractivity contribution is 7.17. The van der Waals surface area contributed by atoms with E-state index >= 15 is 0 Å². The zero-order chi connectivity index (χ0) is 19.7. The number of para-hydroxylation sites is 1. The Bertz CT molecular complexity index is 1220. The Morgan fingerprint density at radius 1 is 1.11 bits per heavy atom. The molecule has 1 amide bonds. The number of benzene rings is 2. The summed E-state index contributed by atoms with van der Waals surface area (Å²) in [5, 5.41) is 4.79. The normalized spacial score (nSPS) is 10.9. The largest absolute Gasteiger partial charge is 0.324 e. The van der Waals surface area contributed by atoms with Crippen LogP contribution in [-0.2, 0) is 11.3 Å². The van der Waals surface area contributed by atoms with Gasteiger partial charge in [0.1, 0.15) is 11.2 Å². The van der Waals surface area contributed by atoms with Gasteiger partial charge in [-0.3, -0.25) is 14.2 Å². The van der Waals surface area contributed by atoms with Gasteiger partial charge in [-0.05, 0) is 31.0 Å². The number of aryl methyl sites for hydroxylation is 2. The van der Waals surface area contributed by atoms with Crippen LogP contribution in [0.2, 0.25) is 0 Å². The molecule has 0 atom stereocenters. The molecule has 0 saturated carbocycles. The number of thiophene rings is 1. The number of carbonyl (C=O) groups excluding carboxylic acids is 1. The number of fused-ring (bicyclic) bond motifs is 1. The van der Waals surface area contributed by atoms with Crippen molar-refractivity contribution in [2.24, 2.45) is 0 Å². The van der Waals surface area contributed by atoms with Gasteiger partial charge in [0, 0.05) is 16.6 Å². The molecule has 2 aromatic carbocycles. The number of nitrogens with zero attached hydrogens (tertiary/aromatic N) is 2. The number of hydrogen-bond acceptors (Lipinski definition) is 4. The molecule has 6 heteroatoms. The van der Waals surface area contributed by atoms with Crippen LogP contribution in [0.5, 0.6) is 0 Å². The Morgan fingerprint density at radius 2 is 1.86 bits per heavy atom. The minimum absolute atomic E-state index is 0.0755. The van der Waals surface area contributed by atoms with Crippen molar-refractivity contribution in [1.29, 1.82) is 0 Å². The van der Waals surface area contributed by atoms with Crippen LogP contribution in [0, 0.1) is 13.8 Å². The van der Waals surface area contributed by atoms with Crippen molar-refractivity contribution in [3.63, 3.8) is 0 Å². The number of nitrogens with one attached hydrogen (secondary N) is 1. The molecule has 5 nitrogen and oxygen atoms in total. The fraction of sp³-hybridized carbons (Fsp3) is 0.136. The van der Waals surface area contributed by atoms with Gasteiger partial charge in [-0.25, -0.2) is 4.98 Å². The predicted octanol–water partition coefficient (Wildman–Crippen LogP) is 4.38. The maximum Gasteiger partial charge on any atom is 0.271 e. The standard InChI is InChI=1S/C22H19N3O2S/c1-14-7-9-16(10-8-14)17-12-28-21-20(17)23-13-25(22(21)27)11-19(26)24-18-6-4-3-5-15(18)2/h3-10,12-13H,11H2,1-2H3,(H,24,26). The monoisotopic (exact) mass is 389 g/mol. The Labute approximate surface area is 166 Å². The summed E-state index contributed by atoms with van der Waals surface area (Å²) in [7, 11) is 0. The lowest BCUT2D eigenvalue weighted by Crippen LogP contribution is -2.27. The van der Waals surface area contributed by atoms with Crippen LogP contribution in [0.15, 0.2) is 65.0 Å². The van der Waals surface area contributed by atoms with Crippen molar-refractivity contribution < 1.29 is 4.79 Å². The quantitative estimate of drug-likeness (QED) is 0.563. The lowest BCUT2D eigenvalue weighted by molar-refractivity contribution is -0.116. The van der Waals surface area contributed by atoms with Gasteiger partial charge < -0.3 is 5.32 Å². The van der Waals surface area contributed by atoms with E-state index in [1.54, 1.807) is 0 Å². The highest BCUT2D eigenvalue weighted by Crippen LogP contribution is 2.30. The van der Waals surface area contributed by atoms with Crippen LogP contribution in [0.4, 0.5) is 5.69 Å². The molecule has 4 rings (SSSR count). The molecule has 0 aliphatic carbocycles. The van der Waals surface area contributed by atoms with E-state index in [0.717, 1.165) is 22.4 Å². The molecule has 1 N–H and O–H groups in total. The summed E-state index contributed by atoms with van der Waals surface area (Å²) in [6.07, 6.45) is 1.45. The second-order valence-corrected chi connectivity index (χ2v) is 7.61. The summed E-state index contributed by atoms with van der Waals surface area (Å²) in [5.41, 5.74) is 5.33. The average molecular weight is 389 g/mol. The van der Waals surface area contributed by atoms with Crippen LogP contribution in [-0.4, -0.2) is 15.5 Å². The topological polar surface area (TPSA) is 64.0 Å². The Hall–Kier alpha value is -3.25. The molecule has 2 heterocycles. The summed E-state index contributed by atoms with van der Waals surface area (Å²) in [6.45, 7) is 3.88. The molecule has 0 saturated heterocycles. The number of carbonyl (C=O) groups is 1. The average Bonchev–Trinajstić information content (AvgIpc) is 3.11. The molecular weight excluding hydrogens is 370 g/mol. The first-order valence-corrected chi connectivity index (χ1v) is 9.80. The molecular formula is C22H19N3O2S. The summed E-state index contributed by atoms with van der Waals surface area (Å²) >= 11 is 1.36. The van der Waals surface area contributed by atoms with Gasteiger partial charge in [-0.15, -0.1) is 11.3 Å². The number of aromatic nitrogens is 2. The second-order valence-electron chi connectivity index (χ2n) is 6.73. The highest BCUT2D eigenvalue weighted by atomic mass is 32.1. The minimum Gasteiger partial charge on any atom is -0.324 e.